The number of piperidine rings is 1. The van der Waals surface area contributed by atoms with Crippen molar-refractivity contribution in [1.82, 2.24) is 10.2 Å². The average Bonchev–Trinajstić information content (AvgIpc) is 2.83. The molecule has 2 aliphatic heterocycles. The molecule has 5 nitrogen and oxygen atoms in total. The molecular formula is C17H24N2O3S. The highest BCUT2D eigenvalue weighted by Crippen LogP contribution is 2.22. The Morgan fingerprint density at radius 2 is 1.78 bits per heavy atom. The molecule has 1 aromatic rings. The van der Waals surface area contributed by atoms with E-state index in [1.165, 1.54) is 6.42 Å². The van der Waals surface area contributed by atoms with Gasteiger partial charge in [-0.15, -0.1) is 0 Å². The van der Waals surface area contributed by atoms with Gasteiger partial charge in [-0.05, 0) is 31.5 Å². The Bertz CT molecular complexity index is 639. The van der Waals surface area contributed by atoms with Crippen LogP contribution < -0.4 is 5.32 Å². The summed E-state index contributed by atoms with van der Waals surface area (Å²) in [6, 6.07) is 9.19. The largest absolute Gasteiger partial charge is 0.350 e. The van der Waals surface area contributed by atoms with Crippen LogP contribution in [-0.4, -0.2) is 55.9 Å². The van der Waals surface area contributed by atoms with Crippen LogP contribution in [0.2, 0.25) is 0 Å². The number of likely N-dealkylation sites (tertiary alicyclic amines) is 1. The third kappa shape index (κ3) is 4.32. The van der Waals surface area contributed by atoms with E-state index in [1.54, 1.807) is 0 Å². The Balaban J connectivity index is 1.65. The zero-order valence-corrected chi connectivity index (χ0v) is 14.1. The van der Waals surface area contributed by atoms with E-state index in [4.69, 9.17) is 0 Å². The molecule has 3 rings (SSSR count). The number of hydrogen-bond donors (Lipinski definition) is 1. The molecule has 2 fully saturated rings. The molecule has 0 aromatic heterocycles. The lowest BCUT2D eigenvalue weighted by molar-refractivity contribution is -0.121. The Morgan fingerprint density at radius 3 is 2.48 bits per heavy atom. The maximum absolute atomic E-state index is 12.3. The molecule has 0 radical (unpaired) electrons. The lowest BCUT2D eigenvalue weighted by atomic mass is 10.0. The summed E-state index contributed by atoms with van der Waals surface area (Å²) in [5.41, 5.74) is 0.945. The number of carbonyl (C=O) groups excluding carboxylic acids is 1. The van der Waals surface area contributed by atoms with E-state index in [-0.39, 0.29) is 29.5 Å². The molecule has 23 heavy (non-hydrogen) atoms. The highest BCUT2D eigenvalue weighted by atomic mass is 32.2. The first-order valence-electron chi connectivity index (χ1n) is 8.31. The van der Waals surface area contributed by atoms with Crippen LogP contribution in [0.3, 0.4) is 0 Å². The molecule has 126 valence electrons. The van der Waals surface area contributed by atoms with Gasteiger partial charge in [0.15, 0.2) is 9.84 Å². The van der Waals surface area contributed by atoms with E-state index in [0.29, 0.717) is 6.42 Å². The lowest BCUT2D eigenvalue weighted by Gasteiger charge is -2.35. The predicted molar refractivity (Wildman–Crippen MR) is 89.9 cm³/mol. The van der Waals surface area contributed by atoms with Crippen molar-refractivity contribution >= 4 is 15.7 Å². The molecule has 1 amide bonds. The number of amides is 1. The van der Waals surface area contributed by atoms with Crippen LogP contribution in [0, 0.1) is 0 Å². The minimum Gasteiger partial charge on any atom is -0.350 e. The fourth-order valence-corrected chi connectivity index (χ4v) is 5.57. The first-order chi connectivity index (χ1) is 11.0. The van der Waals surface area contributed by atoms with Gasteiger partial charge >= 0.3 is 0 Å². The number of hydrogen-bond acceptors (Lipinski definition) is 4. The second kappa shape index (κ2) is 7.01. The van der Waals surface area contributed by atoms with Gasteiger partial charge < -0.3 is 5.32 Å². The summed E-state index contributed by atoms with van der Waals surface area (Å²) in [6.07, 6.45) is 3.73. The van der Waals surface area contributed by atoms with E-state index in [0.717, 1.165) is 31.5 Å². The van der Waals surface area contributed by atoms with Crippen molar-refractivity contribution in [3.05, 3.63) is 35.9 Å². The second-order valence-electron chi connectivity index (χ2n) is 6.58. The van der Waals surface area contributed by atoms with Gasteiger partial charge in [-0.2, -0.15) is 0 Å². The molecule has 0 spiro atoms. The van der Waals surface area contributed by atoms with E-state index >= 15 is 0 Å². The summed E-state index contributed by atoms with van der Waals surface area (Å²) in [5.74, 6) is 0.137. The molecule has 0 bridgehead atoms. The number of nitrogens with zero attached hydrogens (tertiary/aromatic N) is 1. The molecule has 2 atom stereocenters. The summed E-state index contributed by atoms with van der Waals surface area (Å²) >= 11 is 0. The van der Waals surface area contributed by atoms with Crippen LogP contribution in [0.1, 0.15) is 24.8 Å². The number of rotatable bonds is 4. The smallest absolute Gasteiger partial charge is 0.224 e. The lowest BCUT2D eigenvalue weighted by Crippen LogP contribution is -2.52. The molecule has 6 heteroatoms. The maximum atomic E-state index is 12.3. The SMILES string of the molecule is O=C(Cc1ccccc1)N[C@@H]1CS(=O)(=O)C[C@H]1N1CCCCC1. The number of benzene rings is 1. The van der Waals surface area contributed by atoms with Crippen LogP contribution in [-0.2, 0) is 21.1 Å². The summed E-state index contributed by atoms with van der Waals surface area (Å²) in [6.45, 7) is 1.87. The predicted octanol–water partition coefficient (Wildman–Crippen LogP) is 0.997. The van der Waals surface area contributed by atoms with Gasteiger partial charge in [0.1, 0.15) is 0 Å². The minimum atomic E-state index is -3.07. The Morgan fingerprint density at radius 1 is 1.09 bits per heavy atom. The van der Waals surface area contributed by atoms with Crippen LogP contribution in [0.15, 0.2) is 30.3 Å². The van der Waals surface area contributed by atoms with Crippen LogP contribution in [0.4, 0.5) is 0 Å². The van der Waals surface area contributed by atoms with Gasteiger partial charge in [0.25, 0.3) is 0 Å². The Hall–Kier alpha value is -1.40. The van der Waals surface area contributed by atoms with E-state index < -0.39 is 9.84 Å². The third-order valence-corrected chi connectivity index (χ3v) is 6.45. The molecule has 2 heterocycles. The molecule has 2 saturated heterocycles. The standard InChI is InChI=1S/C17H24N2O3S/c20-17(11-14-7-3-1-4-8-14)18-15-12-23(21,22)13-16(15)19-9-5-2-6-10-19/h1,3-4,7-8,15-16H,2,5-6,9-13H2,(H,18,20)/t15-,16-/m1/s1. The Kier molecular flexibility index (Phi) is 5.02. The molecule has 1 N–H and O–H groups in total. The number of carbonyl (C=O) groups is 1. The van der Waals surface area contributed by atoms with Crippen molar-refractivity contribution < 1.29 is 13.2 Å². The van der Waals surface area contributed by atoms with Crippen molar-refractivity contribution in [2.45, 2.75) is 37.8 Å². The average molecular weight is 336 g/mol. The van der Waals surface area contributed by atoms with Crippen LogP contribution >= 0.6 is 0 Å². The van der Waals surface area contributed by atoms with E-state index in [1.807, 2.05) is 30.3 Å². The zero-order chi connectivity index (χ0) is 16.3. The highest BCUT2D eigenvalue weighted by Gasteiger charge is 2.41. The van der Waals surface area contributed by atoms with Gasteiger partial charge in [-0.3, -0.25) is 9.69 Å². The van der Waals surface area contributed by atoms with Crippen molar-refractivity contribution in [2.75, 3.05) is 24.6 Å². The van der Waals surface area contributed by atoms with Gasteiger partial charge in [-0.25, -0.2) is 8.42 Å². The van der Waals surface area contributed by atoms with Gasteiger partial charge in [0.05, 0.1) is 24.0 Å². The Labute approximate surface area is 138 Å². The van der Waals surface area contributed by atoms with Crippen molar-refractivity contribution in [3.8, 4) is 0 Å². The first kappa shape index (κ1) is 16.5. The molecule has 1 aromatic carbocycles. The monoisotopic (exact) mass is 336 g/mol. The summed E-state index contributed by atoms with van der Waals surface area (Å²) in [5, 5.41) is 2.97. The number of sulfone groups is 1. The normalized spacial score (nSPS) is 27.7. The summed E-state index contributed by atoms with van der Waals surface area (Å²) in [7, 11) is -3.07. The summed E-state index contributed by atoms with van der Waals surface area (Å²) < 4.78 is 24.1. The van der Waals surface area contributed by atoms with Crippen molar-refractivity contribution in [2.24, 2.45) is 0 Å². The minimum absolute atomic E-state index is 0.0642. The first-order valence-corrected chi connectivity index (χ1v) is 10.1. The zero-order valence-electron chi connectivity index (χ0n) is 13.3. The highest BCUT2D eigenvalue weighted by molar-refractivity contribution is 7.91. The van der Waals surface area contributed by atoms with Crippen molar-refractivity contribution in [1.29, 1.82) is 0 Å². The second-order valence-corrected chi connectivity index (χ2v) is 8.73. The molecule has 0 saturated carbocycles. The van der Waals surface area contributed by atoms with Crippen LogP contribution in [0.5, 0.6) is 0 Å². The molecule has 0 aliphatic carbocycles. The molecular weight excluding hydrogens is 312 g/mol. The fraction of sp³-hybridized carbons (Fsp3) is 0.588. The maximum Gasteiger partial charge on any atom is 0.224 e. The van der Waals surface area contributed by atoms with Gasteiger partial charge in [0, 0.05) is 6.04 Å². The van der Waals surface area contributed by atoms with Gasteiger partial charge in [-0.1, -0.05) is 36.8 Å². The van der Waals surface area contributed by atoms with E-state index in [2.05, 4.69) is 10.2 Å². The fourth-order valence-electron chi connectivity index (χ4n) is 3.62. The van der Waals surface area contributed by atoms with Crippen LogP contribution in [0.25, 0.3) is 0 Å². The number of nitrogens with one attached hydrogen (secondary N) is 1. The van der Waals surface area contributed by atoms with Gasteiger partial charge in [0.2, 0.25) is 5.91 Å². The quantitative estimate of drug-likeness (QED) is 0.891. The van der Waals surface area contributed by atoms with Crippen molar-refractivity contribution in [3.63, 3.8) is 0 Å². The third-order valence-electron chi connectivity index (χ3n) is 4.74. The molecule has 0 unspecified atom stereocenters. The van der Waals surface area contributed by atoms with E-state index in [9.17, 15) is 13.2 Å². The summed E-state index contributed by atoms with van der Waals surface area (Å²) in [4.78, 5) is 14.5. The topological polar surface area (TPSA) is 66.5 Å². The molecule has 2 aliphatic rings.